The Labute approximate surface area is 184 Å². The molecule has 1 aromatic heterocycles. The monoisotopic (exact) mass is 446 g/mol. The maximum Gasteiger partial charge on any atom is 0.255 e. The molecule has 1 atom stereocenters. The van der Waals surface area contributed by atoms with Crippen LogP contribution in [-0.4, -0.2) is 45.8 Å². The maximum atomic E-state index is 12.9. The molecular formula is C21H20Cl2N4OS. The molecule has 0 radical (unpaired) electrons. The second-order valence-electron chi connectivity index (χ2n) is 7.07. The van der Waals surface area contributed by atoms with Crippen molar-refractivity contribution in [3.8, 4) is 0 Å². The van der Waals surface area contributed by atoms with Crippen molar-refractivity contribution in [3.63, 3.8) is 0 Å². The van der Waals surface area contributed by atoms with Gasteiger partial charge in [-0.15, -0.1) is 0 Å². The molecule has 29 heavy (non-hydrogen) atoms. The summed E-state index contributed by atoms with van der Waals surface area (Å²) in [6.45, 7) is 4.11. The van der Waals surface area contributed by atoms with Gasteiger partial charge in [0.1, 0.15) is 5.82 Å². The number of benzene rings is 2. The van der Waals surface area contributed by atoms with Gasteiger partial charge in [0.05, 0.1) is 10.6 Å². The fraction of sp³-hybridized carbons (Fsp3) is 0.286. The number of piperazine rings is 1. The van der Waals surface area contributed by atoms with Gasteiger partial charge in [0.25, 0.3) is 5.91 Å². The quantitative estimate of drug-likeness (QED) is 0.577. The third-order valence-corrected chi connectivity index (χ3v) is 6.39. The third-order valence-electron chi connectivity index (χ3n) is 5.00. The first kappa shape index (κ1) is 20.1. The van der Waals surface area contributed by atoms with Crippen LogP contribution in [0.3, 0.4) is 0 Å². The predicted molar refractivity (Wildman–Crippen MR) is 118 cm³/mol. The Morgan fingerprint density at radius 1 is 1.14 bits per heavy atom. The average Bonchev–Trinajstić information content (AvgIpc) is 3.18. The first-order valence-corrected chi connectivity index (χ1v) is 10.9. The van der Waals surface area contributed by atoms with E-state index in [1.165, 1.54) is 11.5 Å². The molecule has 8 heteroatoms. The SMILES string of the molecule is CC1CN(c2nc(Cc3ccc(Cl)cc3)ns2)CCN1C(=O)c1ccccc1Cl. The zero-order valence-corrected chi connectivity index (χ0v) is 18.2. The average molecular weight is 447 g/mol. The van der Waals surface area contributed by atoms with Crippen molar-refractivity contribution in [2.45, 2.75) is 19.4 Å². The van der Waals surface area contributed by atoms with Gasteiger partial charge < -0.3 is 9.80 Å². The number of hydrogen-bond donors (Lipinski definition) is 0. The molecule has 0 aliphatic carbocycles. The van der Waals surface area contributed by atoms with E-state index in [2.05, 4.69) is 16.2 Å². The fourth-order valence-corrected chi connectivity index (χ4v) is 4.51. The van der Waals surface area contributed by atoms with Crippen molar-refractivity contribution in [1.29, 1.82) is 0 Å². The Morgan fingerprint density at radius 3 is 2.62 bits per heavy atom. The molecule has 0 N–H and O–H groups in total. The van der Waals surface area contributed by atoms with Crippen LogP contribution in [0.5, 0.6) is 0 Å². The van der Waals surface area contributed by atoms with E-state index in [1.807, 2.05) is 41.3 Å². The van der Waals surface area contributed by atoms with Gasteiger partial charge in [0, 0.05) is 48.7 Å². The minimum Gasteiger partial charge on any atom is -0.343 e. The van der Waals surface area contributed by atoms with Crippen LogP contribution in [-0.2, 0) is 6.42 Å². The van der Waals surface area contributed by atoms with Gasteiger partial charge in [-0.05, 0) is 36.8 Å². The Bertz CT molecular complexity index is 1010. The lowest BCUT2D eigenvalue weighted by Crippen LogP contribution is -2.54. The Balaban J connectivity index is 1.41. The predicted octanol–water partition coefficient (Wildman–Crippen LogP) is 4.79. The number of hydrogen-bond acceptors (Lipinski definition) is 5. The van der Waals surface area contributed by atoms with Crippen LogP contribution < -0.4 is 4.90 Å². The zero-order chi connectivity index (χ0) is 20.4. The maximum absolute atomic E-state index is 12.9. The van der Waals surface area contributed by atoms with E-state index >= 15 is 0 Å². The van der Waals surface area contributed by atoms with E-state index < -0.39 is 0 Å². The molecule has 1 aliphatic rings. The third kappa shape index (κ3) is 4.55. The zero-order valence-electron chi connectivity index (χ0n) is 15.9. The molecule has 3 aromatic rings. The lowest BCUT2D eigenvalue weighted by atomic mass is 10.1. The minimum atomic E-state index is -0.0246. The summed E-state index contributed by atoms with van der Waals surface area (Å²) in [7, 11) is 0. The van der Waals surface area contributed by atoms with Crippen molar-refractivity contribution in [3.05, 3.63) is 75.5 Å². The molecule has 1 saturated heterocycles. The van der Waals surface area contributed by atoms with Crippen LogP contribution in [0.2, 0.25) is 10.0 Å². The molecule has 0 spiro atoms. The molecule has 0 saturated carbocycles. The van der Waals surface area contributed by atoms with Crippen molar-refractivity contribution in [1.82, 2.24) is 14.3 Å². The summed E-state index contributed by atoms with van der Waals surface area (Å²) in [5, 5.41) is 2.10. The highest BCUT2D eigenvalue weighted by Crippen LogP contribution is 2.25. The van der Waals surface area contributed by atoms with Gasteiger partial charge in [-0.25, -0.2) is 4.98 Å². The summed E-state index contributed by atoms with van der Waals surface area (Å²) >= 11 is 13.6. The van der Waals surface area contributed by atoms with E-state index in [9.17, 15) is 4.79 Å². The molecular weight excluding hydrogens is 427 g/mol. The highest BCUT2D eigenvalue weighted by molar-refractivity contribution is 7.09. The highest BCUT2D eigenvalue weighted by Gasteiger charge is 2.30. The summed E-state index contributed by atoms with van der Waals surface area (Å²) in [6, 6.07) is 15.0. The van der Waals surface area contributed by atoms with E-state index in [1.54, 1.807) is 12.1 Å². The number of carbonyl (C=O) groups is 1. The number of carbonyl (C=O) groups excluding carboxylic acids is 1. The minimum absolute atomic E-state index is 0.0246. The summed E-state index contributed by atoms with van der Waals surface area (Å²) in [5.74, 6) is 0.776. The van der Waals surface area contributed by atoms with Crippen molar-refractivity contribution in [2.24, 2.45) is 0 Å². The summed E-state index contributed by atoms with van der Waals surface area (Å²) in [4.78, 5) is 21.7. The number of aromatic nitrogens is 2. The lowest BCUT2D eigenvalue weighted by molar-refractivity contribution is 0.0674. The Hall–Kier alpha value is -2.15. The number of amides is 1. The Morgan fingerprint density at radius 2 is 1.90 bits per heavy atom. The van der Waals surface area contributed by atoms with Crippen LogP contribution in [0.25, 0.3) is 0 Å². The molecule has 2 aromatic carbocycles. The number of halogens is 2. The van der Waals surface area contributed by atoms with Crippen LogP contribution in [0, 0.1) is 0 Å². The first-order chi connectivity index (χ1) is 14.0. The smallest absolute Gasteiger partial charge is 0.255 e. The molecule has 4 rings (SSSR count). The number of nitrogens with zero attached hydrogens (tertiary/aromatic N) is 4. The van der Waals surface area contributed by atoms with Gasteiger partial charge in [0.2, 0.25) is 5.13 Å². The fourth-order valence-electron chi connectivity index (χ4n) is 3.45. The second-order valence-corrected chi connectivity index (χ2v) is 8.64. The standard InChI is InChI=1S/C21H20Cl2N4OS/c1-14-13-26(10-11-27(14)20(28)17-4-2-3-5-18(17)23)21-24-19(25-29-21)12-15-6-8-16(22)9-7-15/h2-9,14H,10-13H2,1H3. The highest BCUT2D eigenvalue weighted by atomic mass is 35.5. The van der Waals surface area contributed by atoms with E-state index in [0.717, 1.165) is 28.1 Å². The van der Waals surface area contributed by atoms with E-state index in [0.29, 0.717) is 30.1 Å². The van der Waals surface area contributed by atoms with Gasteiger partial charge in [-0.2, -0.15) is 4.37 Å². The largest absolute Gasteiger partial charge is 0.343 e. The molecule has 150 valence electrons. The molecule has 2 heterocycles. The molecule has 1 fully saturated rings. The van der Waals surface area contributed by atoms with Crippen molar-refractivity contribution < 1.29 is 4.79 Å². The van der Waals surface area contributed by atoms with Crippen molar-refractivity contribution in [2.75, 3.05) is 24.5 Å². The van der Waals surface area contributed by atoms with Gasteiger partial charge >= 0.3 is 0 Å². The van der Waals surface area contributed by atoms with Crippen molar-refractivity contribution >= 4 is 45.8 Å². The molecule has 0 bridgehead atoms. The molecule has 1 unspecified atom stereocenters. The van der Waals surface area contributed by atoms with Crippen LogP contribution >= 0.6 is 34.7 Å². The molecule has 5 nitrogen and oxygen atoms in total. The lowest BCUT2D eigenvalue weighted by Gasteiger charge is -2.39. The van der Waals surface area contributed by atoms with Crippen LogP contribution in [0.15, 0.2) is 48.5 Å². The topological polar surface area (TPSA) is 49.3 Å². The first-order valence-electron chi connectivity index (χ1n) is 9.39. The van der Waals surface area contributed by atoms with Gasteiger partial charge in [0.15, 0.2) is 0 Å². The Kier molecular flexibility index (Phi) is 6.04. The van der Waals surface area contributed by atoms with E-state index in [4.69, 9.17) is 28.2 Å². The van der Waals surface area contributed by atoms with Gasteiger partial charge in [-0.1, -0.05) is 47.5 Å². The number of rotatable bonds is 4. The molecule has 1 aliphatic heterocycles. The summed E-state index contributed by atoms with van der Waals surface area (Å²) in [5.41, 5.74) is 1.68. The van der Waals surface area contributed by atoms with E-state index in [-0.39, 0.29) is 11.9 Å². The van der Waals surface area contributed by atoms with Crippen LogP contribution in [0.1, 0.15) is 28.7 Å². The van der Waals surface area contributed by atoms with Crippen LogP contribution in [0.4, 0.5) is 5.13 Å². The summed E-state index contributed by atoms with van der Waals surface area (Å²) < 4.78 is 4.51. The summed E-state index contributed by atoms with van der Waals surface area (Å²) in [6.07, 6.45) is 0.675. The molecule has 1 amide bonds. The number of anilines is 1. The second kappa shape index (κ2) is 8.69. The van der Waals surface area contributed by atoms with Gasteiger partial charge in [-0.3, -0.25) is 4.79 Å². The normalized spacial score (nSPS) is 16.9.